The van der Waals surface area contributed by atoms with Crippen molar-refractivity contribution in [1.82, 2.24) is 10.2 Å². The number of urea groups is 1. The molecule has 2 amide bonds. The molecule has 88 valence electrons. The third-order valence-electron chi connectivity index (χ3n) is 1.94. The Balaban J connectivity index is 4.09. The van der Waals surface area contributed by atoms with E-state index in [0.29, 0.717) is 19.7 Å². The summed E-state index contributed by atoms with van der Waals surface area (Å²) >= 11 is 0. The highest BCUT2D eigenvalue weighted by Crippen LogP contribution is 1.91. The van der Waals surface area contributed by atoms with Gasteiger partial charge in [-0.15, -0.1) is 0 Å². The largest absolute Gasteiger partial charge is 0.480 e. The van der Waals surface area contributed by atoms with Crippen LogP contribution in [0.4, 0.5) is 4.79 Å². The van der Waals surface area contributed by atoms with E-state index in [2.05, 4.69) is 5.32 Å². The molecule has 0 aromatic rings. The van der Waals surface area contributed by atoms with E-state index in [9.17, 15) is 9.59 Å². The SMILES string of the molecule is CCN(CCOC)C(=O)NC(C)C(=O)O. The zero-order valence-electron chi connectivity index (χ0n) is 9.32. The molecule has 0 heterocycles. The average molecular weight is 218 g/mol. The molecule has 15 heavy (non-hydrogen) atoms. The Morgan fingerprint density at radius 3 is 2.53 bits per heavy atom. The van der Waals surface area contributed by atoms with Gasteiger partial charge in [0.2, 0.25) is 0 Å². The van der Waals surface area contributed by atoms with E-state index in [-0.39, 0.29) is 6.03 Å². The van der Waals surface area contributed by atoms with E-state index in [4.69, 9.17) is 9.84 Å². The fourth-order valence-corrected chi connectivity index (χ4v) is 0.943. The van der Waals surface area contributed by atoms with Crippen molar-refractivity contribution in [2.75, 3.05) is 26.8 Å². The number of carbonyl (C=O) groups is 2. The van der Waals surface area contributed by atoms with Gasteiger partial charge in [0, 0.05) is 20.2 Å². The number of nitrogens with one attached hydrogen (secondary N) is 1. The molecule has 0 aromatic carbocycles. The maximum atomic E-state index is 11.5. The number of aliphatic carboxylic acids is 1. The highest BCUT2D eigenvalue weighted by Gasteiger charge is 2.17. The number of rotatable bonds is 6. The summed E-state index contributed by atoms with van der Waals surface area (Å²) in [5.74, 6) is -1.05. The minimum Gasteiger partial charge on any atom is -0.480 e. The van der Waals surface area contributed by atoms with Crippen LogP contribution >= 0.6 is 0 Å². The molecular formula is C9H18N2O4. The van der Waals surface area contributed by atoms with E-state index >= 15 is 0 Å². The molecule has 6 heteroatoms. The number of hydrogen-bond acceptors (Lipinski definition) is 3. The monoisotopic (exact) mass is 218 g/mol. The topological polar surface area (TPSA) is 78.9 Å². The first-order chi connectivity index (χ1) is 7.02. The van der Waals surface area contributed by atoms with Crippen molar-refractivity contribution in [1.29, 1.82) is 0 Å². The Bertz CT molecular complexity index is 220. The van der Waals surface area contributed by atoms with Crippen molar-refractivity contribution in [2.24, 2.45) is 0 Å². The lowest BCUT2D eigenvalue weighted by atomic mass is 10.3. The molecule has 0 fully saturated rings. The van der Waals surface area contributed by atoms with Crippen molar-refractivity contribution < 1.29 is 19.4 Å². The molecule has 0 rings (SSSR count). The Labute approximate surface area is 89.2 Å². The van der Waals surface area contributed by atoms with E-state index in [1.807, 2.05) is 6.92 Å². The van der Waals surface area contributed by atoms with Crippen LogP contribution in [-0.4, -0.2) is 54.9 Å². The highest BCUT2D eigenvalue weighted by atomic mass is 16.5. The van der Waals surface area contributed by atoms with E-state index < -0.39 is 12.0 Å². The lowest BCUT2D eigenvalue weighted by Gasteiger charge is -2.22. The van der Waals surface area contributed by atoms with Crippen molar-refractivity contribution in [3.8, 4) is 0 Å². The van der Waals surface area contributed by atoms with E-state index in [0.717, 1.165) is 0 Å². The molecule has 0 saturated heterocycles. The molecular weight excluding hydrogens is 200 g/mol. The first-order valence-corrected chi connectivity index (χ1v) is 4.80. The Kier molecular flexibility index (Phi) is 6.44. The van der Waals surface area contributed by atoms with Crippen molar-refractivity contribution in [3.05, 3.63) is 0 Å². The second-order valence-corrected chi connectivity index (χ2v) is 3.08. The third kappa shape index (κ3) is 5.21. The fraction of sp³-hybridized carbons (Fsp3) is 0.778. The summed E-state index contributed by atoms with van der Waals surface area (Å²) in [5, 5.41) is 11.0. The first-order valence-electron chi connectivity index (χ1n) is 4.80. The first kappa shape index (κ1) is 13.7. The van der Waals surface area contributed by atoms with Crippen LogP contribution in [0, 0.1) is 0 Å². The fourth-order valence-electron chi connectivity index (χ4n) is 0.943. The zero-order chi connectivity index (χ0) is 11.8. The molecule has 0 saturated carbocycles. The average Bonchev–Trinajstić information content (AvgIpc) is 2.18. The number of hydrogen-bond donors (Lipinski definition) is 2. The van der Waals surface area contributed by atoms with Gasteiger partial charge in [-0.05, 0) is 13.8 Å². The zero-order valence-corrected chi connectivity index (χ0v) is 9.32. The Morgan fingerprint density at radius 2 is 2.13 bits per heavy atom. The van der Waals surface area contributed by atoms with Crippen LogP contribution in [-0.2, 0) is 9.53 Å². The van der Waals surface area contributed by atoms with Gasteiger partial charge in [-0.3, -0.25) is 4.79 Å². The molecule has 1 atom stereocenters. The van der Waals surface area contributed by atoms with Crippen LogP contribution < -0.4 is 5.32 Å². The molecule has 6 nitrogen and oxygen atoms in total. The molecule has 1 unspecified atom stereocenters. The Hall–Kier alpha value is -1.30. The molecule has 0 bridgehead atoms. The molecule has 0 radical (unpaired) electrons. The molecule has 0 aliphatic heterocycles. The number of amides is 2. The van der Waals surface area contributed by atoms with Crippen molar-refractivity contribution >= 4 is 12.0 Å². The van der Waals surface area contributed by atoms with Crippen LogP contribution in [0.2, 0.25) is 0 Å². The van der Waals surface area contributed by atoms with Crippen LogP contribution in [0.25, 0.3) is 0 Å². The van der Waals surface area contributed by atoms with Gasteiger partial charge in [0.05, 0.1) is 6.61 Å². The molecule has 2 N–H and O–H groups in total. The van der Waals surface area contributed by atoms with Gasteiger partial charge in [0.1, 0.15) is 6.04 Å². The number of nitrogens with zero attached hydrogens (tertiary/aromatic N) is 1. The van der Waals surface area contributed by atoms with Crippen LogP contribution in [0.5, 0.6) is 0 Å². The smallest absolute Gasteiger partial charge is 0.325 e. The molecule has 0 spiro atoms. The summed E-state index contributed by atoms with van der Waals surface area (Å²) in [6, 6.07) is -1.27. The Morgan fingerprint density at radius 1 is 1.53 bits per heavy atom. The summed E-state index contributed by atoms with van der Waals surface area (Å²) in [6.07, 6.45) is 0. The summed E-state index contributed by atoms with van der Waals surface area (Å²) in [7, 11) is 1.55. The maximum absolute atomic E-state index is 11.5. The number of carboxylic acids is 1. The number of likely N-dealkylation sites (N-methyl/N-ethyl adjacent to an activating group) is 1. The van der Waals surface area contributed by atoms with Gasteiger partial charge in [-0.25, -0.2) is 4.79 Å². The van der Waals surface area contributed by atoms with Crippen LogP contribution in [0.1, 0.15) is 13.8 Å². The summed E-state index contributed by atoms with van der Waals surface area (Å²) in [4.78, 5) is 23.5. The number of carboxylic acid groups (broad SMARTS) is 1. The second-order valence-electron chi connectivity index (χ2n) is 3.08. The number of carbonyl (C=O) groups excluding carboxylic acids is 1. The summed E-state index contributed by atoms with van der Waals surface area (Å²) < 4.78 is 4.84. The van der Waals surface area contributed by atoms with Gasteiger partial charge in [0.15, 0.2) is 0 Å². The normalized spacial score (nSPS) is 11.9. The molecule has 0 aromatic heterocycles. The third-order valence-corrected chi connectivity index (χ3v) is 1.94. The molecule has 0 aliphatic rings. The lowest BCUT2D eigenvalue weighted by Crippen LogP contribution is -2.47. The van der Waals surface area contributed by atoms with Gasteiger partial charge >= 0.3 is 12.0 Å². The predicted molar refractivity (Wildman–Crippen MR) is 54.8 cm³/mol. The van der Waals surface area contributed by atoms with Crippen molar-refractivity contribution in [3.63, 3.8) is 0 Å². The van der Waals surface area contributed by atoms with Gasteiger partial charge in [0.25, 0.3) is 0 Å². The quantitative estimate of drug-likeness (QED) is 0.664. The minimum absolute atomic E-state index is 0.385. The molecule has 0 aliphatic carbocycles. The number of methoxy groups -OCH3 is 1. The van der Waals surface area contributed by atoms with Crippen LogP contribution in [0.15, 0.2) is 0 Å². The van der Waals surface area contributed by atoms with Gasteiger partial charge in [-0.2, -0.15) is 0 Å². The van der Waals surface area contributed by atoms with Gasteiger partial charge in [-0.1, -0.05) is 0 Å². The van der Waals surface area contributed by atoms with Crippen LogP contribution in [0.3, 0.4) is 0 Å². The van der Waals surface area contributed by atoms with E-state index in [1.165, 1.54) is 11.8 Å². The number of ether oxygens (including phenoxy) is 1. The summed E-state index contributed by atoms with van der Waals surface area (Å²) in [5.41, 5.74) is 0. The van der Waals surface area contributed by atoms with Gasteiger partial charge < -0.3 is 20.1 Å². The second kappa shape index (κ2) is 7.05. The minimum atomic E-state index is -1.05. The predicted octanol–water partition coefficient (Wildman–Crippen LogP) is 0.137. The van der Waals surface area contributed by atoms with E-state index in [1.54, 1.807) is 7.11 Å². The standard InChI is InChI=1S/C9H18N2O4/c1-4-11(5-6-15-3)9(14)10-7(2)8(12)13/h7H,4-6H2,1-3H3,(H,10,14)(H,12,13). The maximum Gasteiger partial charge on any atom is 0.325 e. The lowest BCUT2D eigenvalue weighted by molar-refractivity contribution is -0.138. The summed E-state index contributed by atoms with van der Waals surface area (Å²) in [6.45, 7) is 4.64. The van der Waals surface area contributed by atoms with Crippen molar-refractivity contribution in [2.45, 2.75) is 19.9 Å². The highest BCUT2D eigenvalue weighted by molar-refractivity contribution is 5.82.